The largest absolute Gasteiger partial charge is 0.240 e. The molecular formula is C22H22N2O2. The zero-order chi connectivity index (χ0) is 19.2. The third kappa shape index (κ3) is 2.47. The Morgan fingerprint density at radius 1 is 0.538 bits per heavy atom. The summed E-state index contributed by atoms with van der Waals surface area (Å²) in [6.07, 6.45) is 4.80. The van der Waals surface area contributed by atoms with Crippen LogP contribution in [-0.2, 0) is 22.4 Å². The van der Waals surface area contributed by atoms with E-state index in [1.165, 1.54) is 44.5 Å². The Balaban J connectivity index is 2.37. The van der Waals surface area contributed by atoms with Crippen molar-refractivity contribution in [3.8, 4) is 0 Å². The van der Waals surface area contributed by atoms with Crippen LogP contribution in [0, 0.1) is 41.5 Å². The first-order valence-electron chi connectivity index (χ1n) is 8.72. The lowest BCUT2D eigenvalue weighted by Crippen LogP contribution is -2.16. The second-order valence-corrected chi connectivity index (χ2v) is 7.12. The lowest BCUT2D eigenvalue weighted by molar-refractivity contribution is 0.564. The smallest absolute Gasteiger partial charge is 0.211 e. The normalized spacial score (nSPS) is 11.9. The molecule has 4 heteroatoms. The van der Waals surface area contributed by atoms with E-state index in [1.807, 2.05) is 13.8 Å². The summed E-state index contributed by atoms with van der Waals surface area (Å²) < 4.78 is 0. The highest BCUT2D eigenvalue weighted by Gasteiger charge is 2.27. The van der Waals surface area contributed by atoms with Gasteiger partial charge in [-0.05, 0) is 110 Å². The van der Waals surface area contributed by atoms with E-state index in [4.69, 9.17) is 0 Å². The Hall–Kier alpha value is -2.80. The number of benzene rings is 2. The third-order valence-electron chi connectivity index (χ3n) is 6.18. The summed E-state index contributed by atoms with van der Waals surface area (Å²) in [6.45, 7) is 12.6. The van der Waals surface area contributed by atoms with E-state index >= 15 is 0 Å². The van der Waals surface area contributed by atoms with Crippen LogP contribution in [0.3, 0.4) is 0 Å². The Labute approximate surface area is 153 Å². The van der Waals surface area contributed by atoms with E-state index < -0.39 is 0 Å². The molecule has 3 rings (SSSR count). The number of fused-ring (bicyclic) bond motifs is 2. The van der Waals surface area contributed by atoms with Crippen molar-refractivity contribution < 1.29 is 9.59 Å². The van der Waals surface area contributed by atoms with Crippen molar-refractivity contribution >= 4 is 23.5 Å². The Morgan fingerprint density at radius 3 is 1.15 bits per heavy atom. The van der Waals surface area contributed by atoms with Gasteiger partial charge in [-0.1, -0.05) is 0 Å². The van der Waals surface area contributed by atoms with Gasteiger partial charge in [-0.15, -0.1) is 0 Å². The van der Waals surface area contributed by atoms with Crippen molar-refractivity contribution in [2.75, 3.05) is 0 Å². The third-order valence-corrected chi connectivity index (χ3v) is 6.18. The number of aliphatic imine (C=N–C) groups is 2. The summed E-state index contributed by atoms with van der Waals surface area (Å²) in [4.78, 5) is 29.5. The zero-order valence-electron chi connectivity index (χ0n) is 16.1. The van der Waals surface area contributed by atoms with Crippen molar-refractivity contribution in [1.29, 1.82) is 0 Å². The monoisotopic (exact) mass is 346 g/mol. The van der Waals surface area contributed by atoms with Gasteiger partial charge >= 0.3 is 0 Å². The first-order chi connectivity index (χ1) is 12.3. The molecule has 0 spiro atoms. The van der Waals surface area contributed by atoms with Gasteiger partial charge in [0.05, 0.1) is 0 Å². The summed E-state index contributed by atoms with van der Waals surface area (Å²) >= 11 is 0. The molecule has 2 aromatic carbocycles. The number of carbonyl (C=O) groups excluding carboxylic acids is 2. The Morgan fingerprint density at radius 2 is 0.846 bits per heavy atom. The minimum atomic E-state index is 0.432. The fourth-order valence-corrected chi connectivity index (χ4v) is 4.24. The molecule has 26 heavy (non-hydrogen) atoms. The summed E-state index contributed by atoms with van der Waals surface area (Å²) in [7, 11) is 0. The second kappa shape index (κ2) is 6.49. The fraction of sp³-hybridized carbons (Fsp3) is 0.364. The zero-order valence-corrected chi connectivity index (χ0v) is 16.1. The van der Waals surface area contributed by atoms with Crippen molar-refractivity contribution in [1.82, 2.24) is 0 Å². The van der Waals surface area contributed by atoms with Crippen LogP contribution in [0.2, 0.25) is 0 Å². The highest BCUT2D eigenvalue weighted by molar-refractivity contribution is 5.79. The molecule has 0 bridgehead atoms. The van der Waals surface area contributed by atoms with Crippen molar-refractivity contribution in [3.63, 3.8) is 0 Å². The standard InChI is InChI=1S/C22H22N2O2/c1-11-12(2)14(4)18-8-20-16(6)22(24-10-26)21(23-9-25)15(5)19(20)7-17(18)13(11)3/h7-8H2,1-6H3. The van der Waals surface area contributed by atoms with Gasteiger partial charge in [-0.3, -0.25) is 0 Å². The summed E-state index contributed by atoms with van der Waals surface area (Å²) in [5, 5.41) is 0. The molecule has 0 atom stereocenters. The molecule has 4 nitrogen and oxygen atoms in total. The van der Waals surface area contributed by atoms with E-state index in [0.29, 0.717) is 11.4 Å². The molecule has 0 amide bonds. The predicted octanol–water partition coefficient (Wildman–Crippen LogP) is 4.97. The van der Waals surface area contributed by atoms with Crippen molar-refractivity contribution in [2.24, 2.45) is 9.98 Å². The molecule has 0 unspecified atom stereocenters. The van der Waals surface area contributed by atoms with Gasteiger partial charge in [0.15, 0.2) is 0 Å². The number of hydrogen-bond acceptors (Lipinski definition) is 4. The van der Waals surface area contributed by atoms with Gasteiger partial charge in [-0.25, -0.2) is 9.59 Å². The number of nitrogens with zero attached hydrogens (tertiary/aromatic N) is 2. The van der Waals surface area contributed by atoms with Crippen LogP contribution in [0.1, 0.15) is 55.6 Å². The van der Waals surface area contributed by atoms with Gasteiger partial charge in [-0.2, -0.15) is 9.98 Å². The average Bonchev–Trinajstić information content (AvgIpc) is 2.64. The van der Waals surface area contributed by atoms with Crippen LogP contribution in [0.4, 0.5) is 11.4 Å². The maximum atomic E-state index is 10.9. The van der Waals surface area contributed by atoms with E-state index in [2.05, 4.69) is 37.7 Å². The van der Waals surface area contributed by atoms with Crippen molar-refractivity contribution in [3.05, 3.63) is 55.6 Å². The summed E-state index contributed by atoms with van der Waals surface area (Å²) in [5.74, 6) is 0. The molecule has 2 aromatic rings. The highest BCUT2D eigenvalue weighted by atomic mass is 16.1. The lowest BCUT2D eigenvalue weighted by Gasteiger charge is -2.29. The minimum absolute atomic E-state index is 0.432. The number of hydrogen-bond donors (Lipinski definition) is 0. The maximum absolute atomic E-state index is 10.9. The van der Waals surface area contributed by atoms with Crippen molar-refractivity contribution in [2.45, 2.75) is 54.4 Å². The Kier molecular flexibility index (Phi) is 4.50. The molecular weight excluding hydrogens is 324 g/mol. The molecule has 0 radical (unpaired) electrons. The van der Waals surface area contributed by atoms with E-state index in [0.717, 1.165) is 24.0 Å². The van der Waals surface area contributed by atoms with Crippen LogP contribution >= 0.6 is 0 Å². The Bertz CT molecular complexity index is 967. The maximum Gasteiger partial charge on any atom is 0.240 e. The molecule has 1 aliphatic carbocycles. The first-order valence-corrected chi connectivity index (χ1v) is 8.72. The minimum Gasteiger partial charge on any atom is -0.211 e. The first kappa shape index (κ1) is 18.0. The predicted molar refractivity (Wildman–Crippen MR) is 102 cm³/mol. The molecule has 0 N–H and O–H groups in total. The van der Waals surface area contributed by atoms with Crippen LogP contribution in [0.15, 0.2) is 9.98 Å². The molecule has 0 heterocycles. The van der Waals surface area contributed by atoms with Gasteiger partial charge < -0.3 is 0 Å². The molecule has 0 saturated carbocycles. The van der Waals surface area contributed by atoms with Gasteiger partial charge in [0, 0.05) is 0 Å². The summed E-state index contributed by atoms with van der Waals surface area (Å²) in [6, 6.07) is 0. The van der Waals surface area contributed by atoms with Crippen LogP contribution in [0.25, 0.3) is 0 Å². The van der Waals surface area contributed by atoms with E-state index in [1.54, 1.807) is 12.2 Å². The SMILES string of the molecule is Cc1c(C)c(C)c2c(c1C)Cc1c(C)c(N=C=O)c(N=C=O)c(C)c1C2. The number of isocyanates is 2. The fourth-order valence-electron chi connectivity index (χ4n) is 4.24. The molecule has 132 valence electrons. The second-order valence-electron chi connectivity index (χ2n) is 7.12. The molecule has 0 saturated heterocycles. The molecule has 0 fully saturated rings. The van der Waals surface area contributed by atoms with E-state index in [-0.39, 0.29) is 0 Å². The van der Waals surface area contributed by atoms with Gasteiger partial charge in [0.2, 0.25) is 12.2 Å². The number of rotatable bonds is 2. The lowest BCUT2D eigenvalue weighted by atomic mass is 9.75. The van der Waals surface area contributed by atoms with Crippen LogP contribution in [-0.4, -0.2) is 12.2 Å². The van der Waals surface area contributed by atoms with Gasteiger partial charge in [0.1, 0.15) is 11.4 Å². The molecule has 1 aliphatic rings. The van der Waals surface area contributed by atoms with Crippen LogP contribution in [0.5, 0.6) is 0 Å². The quantitative estimate of drug-likeness (QED) is 0.486. The molecule has 0 aromatic heterocycles. The highest BCUT2D eigenvalue weighted by Crippen LogP contribution is 2.45. The van der Waals surface area contributed by atoms with Crippen LogP contribution < -0.4 is 0 Å². The van der Waals surface area contributed by atoms with E-state index in [9.17, 15) is 9.59 Å². The average molecular weight is 346 g/mol. The van der Waals surface area contributed by atoms with Gasteiger partial charge in [0.25, 0.3) is 0 Å². The molecule has 0 aliphatic heterocycles. The summed E-state index contributed by atoms with van der Waals surface area (Å²) in [5.41, 5.74) is 13.1. The topological polar surface area (TPSA) is 58.9 Å².